The Hall–Kier alpha value is -0.110. The van der Waals surface area contributed by atoms with Gasteiger partial charge in [0, 0.05) is 18.5 Å². The zero-order valence-corrected chi connectivity index (χ0v) is 4.73. The molecule has 2 aliphatic rings. The van der Waals surface area contributed by atoms with E-state index in [-0.39, 0.29) is 0 Å². The summed E-state index contributed by atoms with van der Waals surface area (Å²) in [5, 5.41) is 3.25. The van der Waals surface area contributed by atoms with Crippen LogP contribution in [0.3, 0.4) is 0 Å². The molecule has 0 amide bonds. The second-order valence-corrected chi connectivity index (χ2v) is 2.85. The lowest BCUT2D eigenvalue weighted by Gasteiger charge is -2.13. The second kappa shape index (κ2) is 1.44. The van der Waals surface area contributed by atoms with Crippen molar-refractivity contribution in [1.82, 2.24) is 5.32 Å². The fraction of sp³-hybridized carbons (Fsp3) is 1.00. The van der Waals surface area contributed by atoms with Crippen molar-refractivity contribution in [3.8, 4) is 0 Å². The molecule has 1 saturated carbocycles. The third-order valence-electron chi connectivity index (χ3n) is 2.28. The Labute approximate surface area is 48.3 Å². The quantitative estimate of drug-likeness (QED) is 0.490. The van der Waals surface area contributed by atoms with Crippen LogP contribution in [-0.4, -0.2) is 18.8 Å². The molecule has 0 aromatic heterocycles. The smallest absolute Gasteiger partial charge is 0.106 e. The van der Waals surface area contributed by atoms with Crippen molar-refractivity contribution in [1.29, 1.82) is 0 Å². The third kappa shape index (κ3) is 0.494. The Morgan fingerprint density at radius 3 is 2.50 bits per heavy atom. The molecule has 2 bridgehead atoms. The molecule has 1 saturated heterocycles. The maximum absolute atomic E-state index is 12.6. The van der Waals surface area contributed by atoms with Crippen molar-refractivity contribution in [2.45, 2.75) is 25.1 Å². The van der Waals surface area contributed by atoms with Gasteiger partial charge in [-0.2, -0.15) is 0 Å². The third-order valence-corrected chi connectivity index (χ3v) is 2.28. The van der Waals surface area contributed by atoms with Crippen LogP contribution in [0.5, 0.6) is 0 Å². The molecule has 2 heteroatoms. The Balaban J connectivity index is 2.11. The summed E-state index contributed by atoms with van der Waals surface area (Å²) in [5.74, 6) is 0.361. The molecule has 2 rings (SSSR count). The number of alkyl halides is 1. The van der Waals surface area contributed by atoms with E-state index in [1.807, 2.05) is 0 Å². The van der Waals surface area contributed by atoms with Crippen LogP contribution in [0, 0.1) is 5.92 Å². The first-order valence-corrected chi connectivity index (χ1v) is 3.24. The number of hydrogen-bond acceptors (Lipinski definition) is 1. The number of hydrogen-bond donors (Lipinski definition) is 1. The largest absolute Gasteiger partial charge is 0.313 e. The highest BCUT2D eigenvalue weighted by Crippen LogP contribution is 2.32. The predicted molar refractivity (Wildman–Crippen MR) is 29.4 cm³/mol. The molecule has 2 fully saturated rings. The molecule has 1 N–H and O–H groups in total. The van der Waals surface area contributed by atoms with Crippen LogP contribution in [0.4, 0.5) is 4.39 Å². The van der Waals surface area contributed by atoms with Gasteiger partial charge in [0.25, 0.3) is 0 Å². The molecule has 8 heavy (non-hydrogen) atoms. The molecule has 46 valence electrons. The molecule has 0 radical (unpaired) electrons. The van der Waals surface area contributed by atoms with E-state index in [4.69, 9.17) is 0 Å². The van der Waals surface area contributed by atoms with Gasteiger partial charge in [-0.1, -0.05) is 0 Å². The Kier molecular flexibility index (Phi) is 0.852. The topological polar surface area (TPSA) is 12.0 Å². The van der Waals surface area contributed by atoms with Crippen molar-refractivity contribution < 1.29 is 4.39 Å². The van der Waals surface area contributed by atoms with E-state index in [2.05, 4.69) is 5.32 Å². The van der Waals surface area contributed by atoms with Crippen LogP contribution in [0.25, 0.3) is 0 Å². The average molecular weight is 115 g/mol. The van der Waals surface area contributed by atoms with Gasteiger partial charge in [0.05, 0.1) is 0 Å². The van der Waals surface area contributed by atoms with Crippen LogP contribution >= 0.6 is 0 Å². The van der Waals surface area contributed by atoms with E-state index in [1.165, 1.54) is 0 Å². The summed E-state index contributed by atoms with van der Waals surface area (Å²) in [6.07, 6.45) is 1.37. The van der Waals surface area contributed by atoms with Gasteiger partial charge < -0.3 is 5.32 Å². The molecule has 1 aliphatic heterocycles. The minimum atomic E-state index is -0.485. The molecule has 3 atom stereocenters. The van der Waals surface area contributed by atoms with Gasteiger partial charge in [-0.15, -0.1) is 0 Å². The van der Waals surface area contributed by atoms with Gasteiger partial charge in [0.1, 0.15) is 6.17 Å². The lowest BCUT2D eigenvalue weighted by Crippen LogP contribution is -2.30. The van der Waals surface area contributed by atoms with Crippen molar-refractivity contribution in [2.75, 3.05) is 6.54 Å². The first-order valence-electron chi connectivity index (χ1n) is 3.24. The van der Waals surface area contributed by atoms with Gasteiger partial charge >= 0.3 is 0 Å². The lowest BCUT2D eigenvalue weighted by molar-refractivity contribution is 0.242. The van der Waals surface area contributed by atoms with E-state index in [0.717, 1.165) is 19.4 Å². The average Bonchev–Trinajstić information content (AvgIpc) is 2.23. The van der Waals surface area contributed by atoms with Crippen molar-refractivity contribution in [3.05, 3.63) is 0 Å². The number of halogens is 1. The highest BCUT2D eigenvalue weighted by atomic mass is 19.1. The monoisotopic (exact) mass is 115 g/mol. The van der Waals surface area contributed by atoms with Crippen LogP contribution in [0.2, 0.25) is 0 Å². The molecular formula is C6H10FN. The summed E-state index contributed by atoms with van der Waals surface area (Å²) in [6, 6.07) is 0.523. The summed E-state index contributed by atoms with van der Waals surface area (Å²) < 4.78 is 12.6. The molecule has 0 aromatic carbocycles. The van der Waals surface area contributed by atoms with E-state index >= 15 is 0 Å². The van der Waals surface area contributed by atoms with Crippen LogP contribution in [0.15, 0.2) is 0 Å². The van der Waals surface area contributed by atoms with Gasteiger partial charge in [-0.25, -0.2) is 4.39 Å². The summed E-state index contributed by atoms with van der Waals surface area (Å²) >= 11 is 0. The molecule has 1 nitrogen and oxygen atoms in total. The molecular weight excluding hydrogens is 105 g/mol. The second-order valence-electron chi connectivity index (χ2n) is 2.85. The number of rotatable bonds is 0. The Morgan fingerprint density at radius 2 is 2.25 bits per heavy atom. The minimum absolute atomic E-state index is 0.361. The highest BCUT2D eigenvalue weighted by molar-refractivity contribution is 4.95. The molecule has 0 aromatic rings. The first-order chi connectivity index (χ1) is 3.86. The van der Waals surface area contributed by atoms with Crippen LogP contribution < -0.4 is 5.32 Å². The number of fused-ring (bicyclic) bond motifs is 2. The predicted octanol–water partition coefficient (Wildman–Crippen LogP) is 0.706. The van der Waals surface area contributed by atoms with Gasteiger partial charge in [0.15, 0.2) is 0 Å². The molecule has 0 unspecified atom stereocenters. The van der Waals surface area contributed by atoms with Crippen molar-refractivity contribution >= 4 is 0 Å². The standard InChI is InChI=1S/C6H10FN/c7-6-2-5-1-4(6)3-8-5/h4-6,8H,1-3H2/t4-,5+,6+/m0/s1. The minimum Gasteiger partial charge on any atom is -0.313 e. The van der Waals surface area contributed by atoms with Crippen LogP contribution in [-0.2, 0) is 0 Å². The van der Waals surface area contributed by atoms with Gasteiger partial charge in [-0.3, -0.25) is 0 Å². The van der Waals surface area contributed by atoms with Gasteiger partial charge in [-0.05, 0) is 12.8 Å². The first kappa shape index (κ1) is 4.74. The zero-order valence-electron chi connectivity index (χ0n) is 4.73. The molecule has 1 aliphatic carbocycles. The van der Waals surface area contributed by atoms with E-state index in [9.17, 15) is 4.39 Å². The van der Waals surface area contributed by atoms with Gasteiger partial charge in [0.2, 0.25) is 0 Å². The SMILES string of the molecule is F[C@@H]1C[C@H]2C[C@H]1CN2. The lowest BCUT2D eigenvalue weighted by atomic mass is 10.1. The van der Waals surface area contributed by atoms with Crippen molar-refractivity contribution in [3.63, 3.8) is 0 Å². The van der Waals surface area contributed by atoms with E-state index < -0.39 is 6.17 Å². The maximum atomic E-state index is 12.6. The fourth-order valence-corrected chi connectivity index (χ4v) is 1.77. The molecule has 1 heterocycles. The summed E-state index contributed by atoms with van der Waals surface area (Å²) in [4.78, 5) is 0. The van der Waals surface area contributed by atoms with Crippen LogP contribution in [0.1, 0.15) is 12.8 Å². The Bertz CT molecular complexity index is 103. The highest BCUT2D eigenvalue weighted by Gasteiger charge is 2.39. The van der Waals surface area contributed by atoms with E-state index in [1.54, 1.807) is 0 Å². The summed E-state index contributed by atoms with van der Waals surface area (Å²) in [7, 11) is 0. The Morgan fingerprint density at radius 1 is 1.38 bits per heavy atom. The number of nitrogens with one attached hydrogen (secondary N) is 1. The molecule has 0 spiro atoms. The van der Waals surface area contributed by atoms with Crippen molar-refractivity contribution in [2.24, 2.45) is 5.92 Å². The summed E-state index contributed by atoms with van der Waals surface area (Å²) in [6.45, 7) is 0.922. The summed E-state index contributed by atoms with van der Waals surface area (Å²) in [5.41, 5.74) is 0. The zero-order chi connectivity index (χ0) is 5.56. The maximum Gasteiger partial charge on any atom is 0.106 e. The van der Waals surface area contributed by atoms with E-state index in [0.29, 0.717) is 12.0 Å². The fourth-order valence-electron chi connectivity index (χ4n) is 1.77. The normalized spacial score (nSPS) is 52.9. The number of piperidine rings is 1.